The molecular formula is C12H17N3O. The van der Waals surface area contributed by atoms with Crippen LogP contribution in [0.5, 0.6) is 0 Å². The highest BCUT2D eigenvalue weighted by molar-refractivity contribution is 5.96. The molecule has 0 aliphatic carbocycles. The Labute approximate surface area is 95.4 Å². The minimum Gasteiger partial charge on any atom is -0.397 e. The zero-order valence-electron chi connectivity index (χ0n) is 9.66. The fourth-order valence-corrected chi connectivity index (χ4v) is 1.88. The van der Waals surface area contributed by atoms with Gasteiger partial charge in [-0.3, -0.25) is 4.90 Å². The lowest BCUT2D eigenvalue weighted by atomic mass is 9.98. The van der Waals surface area contributed by atoms with E-state index in [1.165, 1.54) is 0 Å². The van der Waals surface area contributed by atoms with E-state index in [4.69, 9.17) is 5.73 Å². The quantitative estimate of drug-likeness (QED) is 0.709. The number of nitrogen functional groups attached to an aromatic ring is 1. The SMILES string of the molecule is CC1(C)CCN(c2ccccc2N)C(=O)N1. The number of nitrogens with zero attached hydrogens (tertiary/aromatic N) is 1. The van der Waals surface area contributed by atoms with Gasteiger partial charge < -0.3 is 11.1 Å². The predicted octanol–water partition coefficient (Wildman–Crippen LogP) is 1.97. The third-order valence-corrected chi connectivity index (χ3v) is 2.88. The monoisotopic (exact) mass is 219 g/mol. The molecule has 0 saturated carbocycles. The molecule has 1 saturated heterocycles. The van der Waals surface area contributed by atoms with Crippen molar-refractivity contribution in [3.05, 3.63) is 24.3 Å². The molecule has 0 unspecified atom stereocenters. The second kappa shape index (κ2) is 3.70. The lowest BCUT2D eigenvalue weighted by Gasteiger charge is -2.38. The van der Waals surface area contributed by atoms with Gasteiger partial charge in [-0.15, -0.1) is 0 Å². The van der Waals surface area contributed by atoms with Gasteiger partial charge in [-0.05, 0) is 32.4 Å². The Hall–Kier alpha value is -1.71. The molecule has 0 spiro atoms. The van der Waals surface area contributed by atoms with Crippen molar-refractivity contribution in [2.24, 2.45) is 0 Å². The van der Waals surface area contributed by atoms with E-state index in [1.807, 2.05) is 38.1 Å². The lowest BCUT2D eigenvalue weighted by molar-refractivity contribution is 0.224. The molecular weight excluding hydrogens is 202 g/mol. The highest BCUT2D eigenvalue weighted by Gasteiger charge is 2.31. The van der Waals surface area contributed by atoms with Crippen LogP contribution < -0.4 is 16.0 Å². The molecule has 2 rings (SSSR count). The molecule has 0 aromatic heterocycles. The van der Waals surface area contributed by atoms with Crippen molar-refractivity contribution in [3.63, 3.8) is 0 Å². The number of nitrogens with two attached hydrogens (primary N) is 1. The van der Waals surface area contributed by atoms with Crippen LogP contribution >= 0.6 is 0 Å². The Morgan fingerprint density at radius 3 is 2.69 bits per heavy atom. The third kappa shape index (κ3) is 1.96. The molecule has 86 valence electrons. The zero-order chi connectivity index (χ0) is 11.8. The van der Waals surface area contributed by atoms with E-state index in [-0.39, 0.29) is 11.6 Å². The average molecular weight is 219 g/mol. The van der Waals surface area contributed by atoms with Gasteiger partial charge in [0.05, 0.1) is 11.4 Å². The molecule has 16 heavy (non-hydrogen) atoms. The topological polar surface area (TPSA) is 58.4 Å². The molecule has 1 fully saturated rings. The van der Waals surface area contributed by atoms with Gasteiger partial charge in [-0.25, -0.2) is 4.79 Å². The molecule has 2 amide bonds. The number of amides is 2. The first-order valence-electron chi connectivity index (χ1n) is 5.44. The van der Waals surface area contributed by atoms with Gasteiger partial charge in [0.1, 0.15) is 0 Å². The summed E-state index contributed by atoms with van der Waals surface area (Å²) in [5, 5.41) is 2.96. The van der Waals surface area contributed by atoms with Gasteiger partial charge in [0.15, 0.2) is 0 Å². The molecule has 3 N–H and O–H groups in total. The smallest absolute Gasteiger partial charge is 0.322 e. The van der Waals surface area contributed by atoms with Crippen LogP contribution in [-0.4, -0.2) is 18.1 Å². The largest absolute Gasteiger partial charge is 0.397 e. The molecule has 4 nitrogen and oxygen atoms in total. The summed E-state index contributed by atoms with van der Waals surface area (Å²) in [5.41, 5.74) is 7.16. The molecule has 1 heterocycles. The summed E-state index contributed by atoms with van der Waals surface area (Å²) >= 11 is 0. The average Bonchev–Trinajstić information content (AvgIpc) is 2.18. The second-order valence-electron chi connectivity index (χ2n) is 4.77. The maximum Gasteiger partial charge on any atom is 0.322 e. The molecule has 4 heteroatoms. The van der Waals surface area contributed by atoms with E-state index in [2.05, 4.69) is 5.32 Å². The number of anilines is 2. The van der Waals surface area contributed by atoms with E-state index in [9.17, 15) is 4.79 Å². The Bertz CT molecular complexity index is 414. The van der Waals surface area contributed by atoms with E-state index in [0.29, 0.717) is 12.2 Å². The van der Waals surface area contributed by atoms with Crippen molar-refractivity contribution < 1.29 is 4.79 Å². The van der Waals surface area contributed by atoms with Crippen molar-refractivity contribution in [2.75, 3.05) is 17.2 Å². The Kier molecular flexibility index (Phi) is 2.50. The molecule has 1 aromatic rings. The van der Waals surface area contributed by atoms with E-state index in [0.717, 1.165) is 12.1 Å². The maximum atomic E-state index is 11.9. The van der Waals surface area contributed by atoms with Gasteiger partial charge in [-0.2, -0.15) is 0 Å². The van der Waals surface area contributed by atoms with Crippen molar-refractivity contribution >= 4 is 17.4 Å². The van der Waals surface area contributed by atoms with Crippen molar-refractivity contribution in [3.8, 4) is 0 Å². The minimum atomic E-state index is -0.128. The fraction of sp³-hybridized carbons (Fsp3) is 0.417. The summed E-state index contributed by atoms with van der Waals surface area (Å²) in [6, 6.07) is 7.35. The van der Waals surface area contributed by atoms with Crippen LogP contribution in [0.25, 0.3) is 0 Å². The van der Waals surface area contributed by atoms with Gasteiger partial charge in [0, 0.05) is 12.1 Å². The van der Waals surface area contributed by atoms with Crippen LogP contribution in [0.15, 0.2) is 24.3 Å². The molecule has 0 radical (unpaired) electrons. The summed E-state index contributed by atoms with van der Waals surface area (Å²) in [7, 11) is 0. The maximum absolute atomic E-state index is 11.9. The van der Waals surface area contributed by atoms with E-state index < -0.39 is 0 Å². The molecule has 1 aliphatic heterocycles. The highest BCUT2D eigenvalue weighted by Crippen LogP contribution is 2.26. The van der Waals surface area contributed by atoms with Crippen molar-refractivity contribution in [1.82, 2.24) is 5.32 Å². The van der Waals surface area contributed by atoms with Crippen LogP contribution in [0.4, 0.5) is 16.2 Å². The number of hydrogen-bond donors (Lipinski definition) is 2. The van der Waals surface area contributed by atoms with Crippen molar-refractivity contribution in [1.29, 1.82) is 0 Å². The van der Waals surface area contributed by atoms with E-state index >= 15 is 0 Å². The second-order valence-corrected chi connectivity index (χ2v) is 4.77. The number of para-hydroxylation sites is 2. The minimum absolute atomic E-state index is 0.0749. The number of carbonyl (C=O) groups is 1. The number of carbonyl (C=O) groups excluding carboxylic acids is 1. The van der Waals surface area contributed by atoms with Crippen molar-refractivity contribution in [2.45, 2.75) is 25.8 Å². The predicted molar refractivity (Wildman–Crippen MR) is 65.4 cm³/mol. The van der Waals surface area contributed by atoms with E-state index in [1.54, 1.807) is 4.90 Å². The third-order valence-electron chi connectivity index (χ3n) is 2.88. The Morgan fingerprint density at radius 2 is 2.06 bits per heavy atom. The number of urea groups is 1. The number of rotatable bonds is 1. The number of hydrogen-bond acceptors (Lipinski definition) is 2. The summed E-state index contributed by atoms with van der Waals surface area (Å²) in [6.07, 6.45) is 0.910. The van der Waals surface area contributed by atoms with Crippen LogP contribution in [-0.2, 0) is 0 Å². The summed E-state index contributed by atoms with van der Waals surface area (Å²) in [5.74, 6) is 0. The first-order chi connectivity index (χ1) is 7.49. The first kappa shape index (κ1) is 10.8. The standard InChI is InChI=1S/C12H17N3O/c1-12(2)7-8-15(11(16)14-12)10-6-4-3-5-9(10)13/h3-6H,7-8,13H2,1-2H3,(H,14,16). The van der Waals surface area contributed by atoms with Crippen LogP contribution in [0.3, 0.4) is 0 Å². The highest BCUT2D eigenvalue weighted by atomic mass is 16.2. The van der Waals surface area contributed by atoms with Gasteiger partial charge in [0.25, 0.3) is 0 Å². The molecule has 1 aromatic carbocycles. The van der Waals surface area contributed by atoms with Crippen LogP contribution in [0.1, 0.15) is 20.3 Å². The Morgan fingerprint density at radius 1 is 1.38 bits per heavy atom. The van der Waals surface area contributed by atoms with Gasteiger partial charge >= 0.3 is 6.03 Å². The Balaban J connectivity index is 2.24. The normalized spacial score (nSPS) is 19.4. The van der Waals surface area contributed by atoms with Gasteiger partial charge in [-0.1, -0.05) is 12.1 Å². The molecule has 0 bridgehead atoms. The van der Waals surface area contributed by atoms with Crippen LogP contribution in [0, 0.1) is 0 Å². The summed E-state index contributed by atoms with van der Waals surface area (Å²) < 4.78 is 0. The molecule has 0 atom stereocenters. The summed E-state index contributed by atoms with van der Waals surface area (Å²) in [6.45, 7) is 4.75. The first-order valence-corrected chi connectivity index (χ1v) is 5.44. The fourth-order valence-electron chi connectivity index (χ4n) is 1.88. The molecule has 1 aliphatic rings. The number of nitrogens with one attached hydrogen (secondary N) is 1. The summed E-state index contributed by atoms with van der Waals surface area (Å²) in [4.78, 5) is 13.6. The lowest BCUT2D eigenvalue weighted by Crippen LogP contribution is -2.57. The van der Waals surface area contributed by atoms with Gasteiger partial charge in [0.2, 0.25) is 0 Å². The zero-order valence-corrected chi connectivity index (χ0v) is 9.66. The number of benzene rings is 1. The van der Waals surface area contributed by atoms with Crippen LogP contribution in [0.2, 0.25) is 0 Å².